The van der Waals surface area contributed by atoms with Crippen LogP contribution in [-0.2, 0) is 15.7 Å². The predicted octanol–water partition coefficient (Wildman–Crippen LogP) is 7.24. The number of fused-ring (bicyclic) bond motifs is 2. The minimum Gasteiger partial charge on any atom is -0.378 e. The van der Waals surface area contributed by atoms with Gasteiger partial charge in [-0.2, -0.15) is 18.2 Å². The van der Waals surface area contributed by atoms with Crippen molar-refractivity contribution in [2.45, 2.75) is 123 Å². The summed E-state index contributed by atoms with van der Waals surface area (Å²) in [6.45, 7) is 13.4. The molecule has 2 N–H and O–H groups in total. The third-order valence-corrected chi connectivity index (χ3v) is 9.51. The Morgan fingerprint density at radius 3 is 2.55 bits per heavy atom. The van der Waals surface area contributed by atoms with Crippen molar-refractivity contribution in [3.8, 4) is 0 Å². The fourth-order valence-corrected chi connectivity index (χ4v) is 7.29. The van der Waals surface area contributed by atoms with Crippen LogP contribution in [0.3, 0.4) is 0 Å². The number of nitrogens with one attached hydrogen (secondary N) is 2. The number of likely N-dealkylation sites (N-methyl/N-ethyl adjacent to an activating group) is 1. The molecule has 0 saturated carbocycles. The molecule has 250 valence electrons. The summed E-state index contributed by atoms with van der Waals surface area (Å²) in [6.07, 6.45) is 8.70. The molecule has 5 unspecified atom stereocenters. The van der Waals surface area contributed by atoms with Gasteiger partial charge in [-0.15, -0.1) is 0 Å². The van der Waals surface area contributed by atoms with Crippen molar-refractivity contribution in [3.05, 3.63) is 23.5 Å². The van der Waals surface area contributed by atoms with Crippen molar-refractivity contribution in [3.63, 3.8) is 0 Å². The van der Waals surface area contributed by atoms with E-state index in [-0.39, 0.29) is 42.2 Å². The van der Waals surface area contributed by atoms with Gasteiger partial charge in [0.25, 0.3) is 0 Å². The second-order valence-electron chi connectivity index (χ2n) is 12.4. The third-order valence-electron chi connectivity index (χ3n) is 9.51. The topological polar surface area (TPSA) is 79.4 Å². The predicted molar refractivity (Wildman–Crippen MR) is 170 cm³/mol. The largest absolute Gasteiger partial charge is 0.421 e. The molecule has 0 aromatic carbocycles. The maximum absolute atomic E-state index is 13.9. The first-order chi connectivity index (χ1) is 21.1. The average molecular weight is 626 g/mol. The Kier molecular flexibility index (Phi) is 13.8. The van der Waals surface area contributed by atoms with Gasteiger partial charge in [-0.3, -0.25) is 4.79 Å². The van der Waals surface area contributed by atoms with Gasteiger partial charge in [0.05, 0.1) is 50.5 Å². The van der Waals surface area contributed by atoms with Crippen LogP contribution in [0.15, 0.2) is 18.0 Å². The van der Waals surface area contributed by atoms with Gasteiger partial charge in [-0.25, -0.2) is 4.98 Å². The van der Waals surface area contributed by atoms with Crippen LogP contribution in [0.1, 0.15) is 104 Å². The van der Waals surface area contributed by atoms with Crippen molar-refractivity contribution < 1.29 is 27.2 Å². The third kappa shape index (κ3) is 8.65. The zero-order valence-corrected chi connectivity index (χ0v) is 27.8. The van der Waals surface area contributed by atoms with Crippen LogP contribution in [0.2, 0.25) is 0 Å². The van der Waals surface area contributed by atoms with Gasteiger partial charge in [0.15, 0.2) is 0 Å². The average Bonchev–Trinajstić information content (AvgIpc) is 3.21. The number of amides is 1. The van der Waals surface area contributed by atoms with Gasteiger partial charge in [0.1, 0.15) is 17.4 Å². The molecule has 5 atom stereocenters. The zero-order chi connectivity index (χ0) is 32.3. The standard InChI is InChI=1S/C31H50F3N6O2.C2H6/c1-5-8-9-13-24(12-6-2)40(4)17-10-14-26(27(40)7-3)37-30-36-19-25(31(32,33)34)28(38-30)35-15-11-16-39-23-18-22(29(39)41)20-42-21-23;1-2/h14,19,22-24,27H,5-13,15-18,20-21H2,1-4H3,(H2,35,36,37,38);1-2H3/q+1;. The minimum atomic E-state index is -4.59. The number of likely N-dealkylation sites (tertiary alicyclic amines) is 1. The van der Waals surface area contributed by atoms with E-state index in [1.54, 1.807) is 0 Å². The smallest absolute Gasteiger partial charge is 0.378 e. The minimum absolute atomic E-state index is 0.0692. The number of unbranched alkanes of at least 4 members (excludes halogenated alkanes) is 2. The van der Waals surface area contributed by atoms with Gasteiger partial charge in [-0.05, 0) is 32.1 Å². The van der Waals surface area contributed by atoms with Gasteiger partial charge in [0.2, 0.25) is 11.9 Å². The lowest BCUT2D eigenvalue weighted by Gasteiger charge is -2.50. The molecule has 0 radical (unpaired) electrons. The molecule has 44 heavy (non-hydrogen) atoms. The van der Waals surface area contributed by atoms with E-state index in [0.717, 1.165) is 55.0 Å². The molecular weight excluding hydrogens is 569 g/mol. The van der Waals surface area contributed by atoms with Gasteiger partial charge < -0.3 is 24.8 Å². The molecule has 4 rings (SSSR count). The molecule has 2 bridgehead atoms. The molecule has 1 amide bonds. The Morgan fingerprint density at radius 2 is 1.89 bits per heavy atom. The van der Waals surface area contributed by atoms with Crippen molar-refractivity contribution in [1.29, 1.82) is 0 Å². The first-order valence-corrected chi connectivity index (χ1v) is 17.0. The molecule has 1 aromatic rings. The van der Waals surface area contributed by atoms with Crippen molar-refractivity contribution in [2.75, 3.05) is 50.5 Å². The van der Waals surface area contributed by atoms with Crippen LogP contribution in [0.5, 0.6) is 0 Å². The number of anilines is 2. The van der Waals surface area contributed by atoms with E-state index in [9.17, 15) is 18.0 Å². The second-order valence-corrected chi connectivity index (χ2v) is 12.4. The van der Waals surface area contributed by atoms with Crippen LogP contribution in [-0.4, -0.2) is 83.3 Å². The highest BCUT2D eigenvalue weighted by molar-refractivity contribution is 5.82. The number of carbonyl (C=O) groups is 1. The highest BCUT2D eigenvalue weighted by atomic mass is 19.4. The molecular formula is C33H56F3N6O2+. The number of ether oxygens (including phenoxy) is 1. The number of nitrogens with zero attached hydrogens (tertiary/aromatic N) is 4. The molecule has 3 aliphatic rings. The van der Waals surface area contributed by atoms with E-state index in [4.69, 9.17) is 4.74 Å². The van der Waals surface area contributed by atoms with Crippen LogP contribution in [0, 0.1) is 5.92 Å². The molecule has 2 fully saturated rings. The Morgan fingerprint density at radius 1 is 1.11 bits per heavy atom. The van der Waals surface area contributed by atoms with E-state index >= 15 is 0 Å². The summed E-state index contributed by atoms with van der Waals surface area (Å²) in [5.74, 6) is -0.0633. The lowest BCUT2D eigenvalue weighted by molar-refractivity contribution is -0.953. The number of rotatable bonds is 15. The highest BCUT2D eigenvalue weighted by Gasteiger charge is 2.44. The normalized spacial score (nSPS) is 25.7. The maximum Gasteiger partial charge on any atom is 0.421 e. The number of alkyl halides is 3. The van der Waals surface area contributed by atoms with Crippen LogP contribution in [0.25, 0.3) is 0 Å². The number of aromatic nitrogens is 2. The van der Waals surface area contributed by atoms with Crippen molar-refractivity contribution >= 4 is 17.7 Å². The molecule has 2 saturated heterocycles. The second kappa shape index (κ2) is 16.8. The fraction of sp³-hybridized carbons (Fsp3) is 0.788. The quantitative estimate of drug-likeness (QED) is 0.158. The number of hydrogen-bond donors (Lipinski definition) is 2. The fourth-order valence-electron chi connectivity index (χ4n) is 7.29. The van der Waals surface area contributed by atoms with E-state index in [2.05, 4.69) is 54.5 Å². The summed E-state index contributed by atoms with van der Waals surface area (Å²) in [5.41, 5.74) is 0.105. The van der Waals surface area contributed by atoms with Gasteiger partial charge in [0, 0.05) is 32.1 Å². The molecule has 0 spiro atoms. The Hall–Kier alpha value is -2.40. The Balaban J connectivity index is 0.00000259. The maximum atomic E-state index is 13.9. The summed E-state index contributed by atoms with van der Waals surface area (Å²) in [5, 5.41) is 6.23. The molecule has 0 aliphatic carbocycles. The lowest BCUT2D eigenvalue weighted by Crippen LogP contribution is -2.61. The number of quaternary nitrogens is 1. The summed E-state index contributed by atoms with van der Waals surface area (Å²) < 4.78 is 48.1. The number of hydrogen-bond acceptors (Lipinski definition) is 6. The summed E-state index contributed by atoms with van der Waals surface area (Å²) >= 11 is 0. The van der Waals surface area contributed by atoms with E-state index in [0.29, 0.717) is 32.2 Å². The van der Waals surface area contributed by atoms with Crippen molar-refractivity contribution in [1.82, 2.24) is 14.9 Å². The van der Waals surface area contributed by atoms with E-state index in [1.807, 2.05) is 18.7 Å². The molecule has 1 aromatic heterocycles. The first kappa shape index (κ1) is 36.1. The highest BCUT2D eigenvalue weighted by Crippen LogP contribution is 2.36. The van der Waals surface area contributed by atoms with Gasteiger partial charge in [-0.1, -0.05) is 60.0 Å². The van der Waals surface area contributed by atoms with Crippen molar-refractivity contribution in [2.24, 2.45) is 5.92 Å². The van der Waals surface area contributed by atoms with Crippen LogP contribution in [0.4, 0.5) is 24.9 Å². The van der Waals surface area contributed by atoms with E-state index < -0.39 is 11.7 Å². The summed E-state index contributed by atoms with van der Waals surface area (Å²) in [6, 6.07) is 0.803. The molecule has 3 aliphatic heterocycles. The molecule has 11 heteroatoms. The first-order valence-electron chi connectivity index (χ1n) is 17.0. The zero-order valence-electron chi connectivity index (χ0n) is 27.8. The SMILES string of the molecule is CC.CCCCCC(CCC)[N+]1(C)CCC=C(Nc2ncc(C(F)(F)F)c(NCCCN3C(=O)C4COCC3C4)n2)C1CC. The molecule has 4 heterocycles. The number of halogens is 3. The van der Waals surface area contributed by atoms with E-state index in [1.165, 1.54) is 25.7 Å². The monoisotopic (exact) mass is 625 g/mol. The van der Waals surface area contributed by atoms with Gasteiger partial charge >= 0.3 is 6.18 Å². The Bertz CT molecular complexity index is 1080. The molecule has 8 nitrogen and oxygen atoms in total. The lowest BCUT2D eigenvalue weighted by atomic mass is 9.92. The van der Waals surface area contributed by atoms with Crippen LogP contribution >= 0.6 is 0 Å². The van der Waals surface area contributed by atoms with Crippen LogP contribution < -0.4 is 10.6 Å². The summed E-state index contributed by atoms with van der Waals surface area (Å²) in [7, 11) is 2.35. The number of carbonyl (C=O) groups excluding carboxylic acids is 1. The Labute approximate surface area is 262 Å². The summed E-state index contributed by atoms with van der Waals surface area (Å²) in [4.78, 5) is 22.8.